The molecular weight excluding hydrogens is 620 g/mol. The second-order valence-corrected chi connectivity index (χ2v) is 14.2. The van der Waals surface area contributed by atoms with Gasteiger partial charge in [0.25, 0.3) is 0 Å². The molecule has 7 heteroatoms. The zero-order chi connectivity index (χ0) is 32.4. The number of aromatic hydroxyl groups is 1. The molecule has 7 rings (SSSR count). The van der Waals surface area contributed by atoms with Gasteiger partial charge in [-0.3, -0.25) is 9.98 Å². The molecule has 0 spiro atoms. The summed E-state index contributed by atoms with van der Waals surface area (Å²) in [5, 5.41) is 21.4. The number of hydrogen-bond acceptors (Lipinski definition) is 6. The molecule has 3 N–H and O–H groups in total. The quantitative estimate of drug-likeness (QED) is 0.138. The Morgan fingerprint density at radius 1 is 0.851 bits per heavy atom. The van der Waals surface area contributed by atoms with Crippen LogP contribution in [0.15, 0.2) is 118 Å². The predicted molar refractivity (Wildman–Crippen MR) is 197 cm³/mol. The van der Waals surface area contributed by atoms with Crippen molar-refractivity contribution >= 4 is 45.8 Å². The molecule has 0 amide bonds. The molecule has 1 unspecified atom stereocenters. The third-order valence-electron chi connectivity index (χ3n) is 9.12. The van der Waals surface area contributed by atoms with Gasteiger partial charge >= 0.3 is 0 Å². The van der Waals surface area contributed by atoms with Gasteiger partial charge in [-0.2, -0.15) is 0 Å². The van der Waals surface area contributed by atoms with Gasteiger partial charge in [-0.1, -0.05) is 90.5 Å². The monoisotopic (exact) mass is 658 g/mol. The highest BCUT2D eigenvalue weighted by Gasteiger charge is 2.38. The van der Waals surface area contributed by atoms with E-state index in [9.17, 15) is 5.11 Å². The van der Waals surface area contributed by atoms with E-state index in [2.05, 4.69) is 103 Å². The number of phenols is 1. The maximum Gasteiger partial charge on any atom is 0.129 e. The summed E-state index contributed by atoms with van der Waals surface area (Å²) in [6.45, 7) is 6.12. The van der Waals surface area contributed by atoms with Gasteiger partial charge in [0.05, 0.1) is 11.6 Å². The van der Waals surface area contributed by atoms with E-state index in [4.69, 9.17) is 21.6 Å². The minimum atomic E-state index is -0.319. The Morgan fingerprint density at radius 3 is 2.51 bits per heavy atom. The van der Waals surface area contributed by atoms with Crippen LogP contribution in [0.5, 0.6) is 5.75 Å². The zero-order valence-electron chi connectivity index (χ0n) is 26.8. The molecule has 0 saturated heterocycles. The van der Waals surface area contributed by atoms with Gasteiger partial charge in [0, 0.05) is 39.9 Å². The highest BCUT2D eigenvalue weighted by atomic mass is 35.5. The molecule has 0 bridgehead atoms. The summed E-state index contributed by atoms with van der Waals surface area (Å²) in [6.07, 6.45) is 2.37. The molecule has 0 radical (unpaired) electrons. The molecule has 5 nitrogen and oxygen atoms in total. The molecular formula is C40H39ClN4OS. The van der Waals surface area contributed by atoms with Crippen LogP contribution in [0.1, 0.15) is 59.7 Å². The lowest BCUT2D eigenvalue weighted by Crippen LogP contribution is -2.41. The lowest BCUT2D eigenvalue weighted by atomic mass is 9.88. The van der Waals surface area contributed by atoms with E-state index in [1.807, 2.05) is 36.0 Å². The van der Waals surface area contributed by atoms with Gasteiger partial charge in [-0.25, -0.2) is 0 Å². The first-order valence-electron chi connectivity index (χ1n) is 16.3. The Kier molecular flexibility index (Phi) is 8.98. The molecule has 5 aromatic carbocycles. The molecule has 1 atom stereocenters. The van der Waals surface area contributed by atoms with E-state index in [1.54, 1.807) is 0 Å². The molecule has 0 saturated carbocycles. The van der Waals surface area contributed by atoms with Crippen LogP contribution in [0, 0.1) is 0 Å². The van der Waals surface area contributed by atoms with E-state index in [1.165, 1.54) is 21.2 Å². The zero-order valence-corrected chi connectivity index (χ0v) is 28.3. The summed E-state index contributed by atoms with van der Waals surface area (Å²) in [5.41, 5.74) is 6.10. The molecule has 238 valence electrons. The second-order valence-electron chi connectivity index (χ2n) is 12.8. The number of fused-ring (bicyclic) bond motifs is 1. The van der Waals surface area contributed by atoms with Crippen molar-refractivity contribution in [2.75, 3.05) is 13.1 Å². The Balaban J connectivity index is 1.13. The Hall–Kier alpha value is -4.26. The van der Waals surface area contributed by atoms with Crippen molar-refractivity contribution in [1.82, 2.24) is 10.6 Å². The van der Waals surface area contributed by atoms with Crippen LogP contribution in [0.4, 0.5) is 0 Å². The molecule has 5 aromatic rings. The van der Waals surface area contributed by atoms with Crippen molar-refractivity contribution < 1.29 is 5.11 Å². The van der Waals surface area contributed by atoms with Crippen LogP contribution >= 0.6 is 23.4 Å². The first-order chi connectivity index (χ1) is 22.9. The van der Waals surface area contributed by atoms with E-state index in [-0.39, 0.29) is 11.6 Å². The molecule has 0 aromatic heterocycles. The molecule has 0 aliphatic carbocycles. The molecule has 0 fully saturated rings. The molecule has 47 heavy (non-hydrogen) atoms. The van der Waals surface area contributed by atoms with Crippen molar-refractivity contribution in [3.8, 4) is 5.75 Å². The average Bonchev–Trinajstić information content (AvgIpc) is 3.42. The fourth-order valence-corrected chi connectivity index (χ4v) is 8.01. The van der Waals surface area contributed by atoms with Gasteiger partial charge in [0.15, 0.2) is 0 Å². The summed E-state index contributed by atoms with van der Waals surface area (Å²) >= 11 is 8.58. The summed E-state index contributed by atoms with van der Waals surface area (Å²) < 4.78 is 0. The Morgan fingerprint density at radius 2 is 1.64 bits per heavy atom. The smallest absolute Gasteiger partial charge is 0.129 e. The third kappa shape index (κ3) is 6.63. The first kappa shape index (κ1) is 31.3. The number of nitrogens with zero attached hydrogens (tertiary/aromatic N) is 2. The first-order valence-corrected chi connectivity index (χ1v) is 17.7. The number of amidine groups is 2. The summed E-state index contributed by atoms with van der Waals surface area (Å²) in [5.74, 6) is 2.94. The maximum absolute atomic E-state index is 10.9. The summed E-state index contributed by atoms with van der Waals surface area (Å²) in [6, 6.07) is 35.4. The van der Waals surface area contributed by atoms with Crippen molar-refractivity contribution in [2.24, 2.45) is 9.98 Å². The normalized spacial score (nSPS) is 17.1. The topological polar surface area (TPSA) is 69.0 Å². The minimum absolute atomic E-state index is 0.118. The lowest BCUT2D eigenvalue weighted by Gasteiger charge is -2.27. The minimum Gasteiger partial charge on any atom is -0.508 e. The van der Waals surface area contributed by atoms with Crippen LogP contribution in [0.25, 0.3) is 10.8 Å². The predicted octanol–water partition coefficient (Wildman–Crippen LogP) is 8.89. The standard InChI is InChI=1S/C40H39ClN4OS/c1-40(2)37(28-19-21-35(46)27(24-28)18-20-32-33(15-8-16-34(32)41)38-42-22-9-23-43-38)44-39(45-40)31-14-6-4-11-29(31)25-47-36-17-7-12-26-10-3-5-13-30(26)36/h3-8,10-17,19,21,24,37,46H,9,18,20,22-23,25H2,1-2H3,(H,42,43)(H,44,45). The van der Waals surface area contributed by atoms with Crippen molar-refractivity contribution in [1.29, 1.82) is 0 Å². The largest absolute Gasteiger partial charge is 0.508 e. The van der Waals surface area contributed by atoms with E-state index < -0.39 is 0 Å². The molecule has 2 heterocycles. The number of thioether (sulfide) groups is 1. The number of aliphatic imine (C=N–C) groups is 2. The van der Waals surface area contributed by atoms with Gasteiger partial charge < -0.3 is 15.7 Å². The van der Waals surface area contributed by atoms with Crippen LogP contribution in [0.2, 0.25) is 5.02 Å². The average molecular weight is 659 g/mol. The van der Waals surface area contributed by atoms with Crippen molar-refractivity contribution in [3.05, 3.63) is 142 Å². The number of halogens is 1. The fourth-order valence-electron chi connectivity index (χ4n) is 6.66. The van der Waals surface area contributed by atoms with Crippen LogP contribution in [-0.4, -0.2) is 35.4 Å². The highest BCUT2D eigenvalue weighted by molar-refractivity contribution is 7.98. The Bertz CT molecular complexity index is 2000. The van der Waals surface area contributed by atoms with Crippen molar-refractivity contribution in [2.45, 2.75) is 55.3 Å². The molecule has 2 aliphatic heterocycles. The fraction of sp³-hybridized carbons (Fsp3) is 0.250. The lowest BCUT2D eigenvalue weighted by molar-refractivity contribution is 0.409. The Labute approximate surface area is 286 Å². The number of phenolic OH excluding ortho intramolecular Hbond substituents is 1. The van der Waals surface area contributed by atoms with Gasteiger partial charge in [0.2, 0.25) is 0 Å². The number of benzene rings is 5. The maximum atomic E-state index is 10.9. The number of aryl methyl sites for hydroxylation is 1. The van der Waals surface area contributed by atoms with Gasteiger partial charge in [-0.15, -0.1) is 11.8 Å². The van der Waals surface area contributed by atoms with Gasteiger partial charge in [-0.05, 0) is 90.4 Å². The number of nitrogens with one attached hydrogen (secondary N) is 2. The number of rotatable bonds is 9. The SMILES string of the molecule is CC1(C)NC(c2ccccc2CSc2cccc3ccccc23)=NC1c1ccc(O)c(CCc2c(Cl)cccc2C2=NCCCN2)c1. The van der Waals surface area contributed by atoms with Crippen molar-refractivity contribution in [3.63, 3.8) is 0 Å². The summed E-state index contributed by atoms with van der Waals surface area (Å²) in [4.78, 5) is 11.3. The summed E-state index contributed by atoms with van der Waals surface area (Å²) in [7, 11) is 0. The second kappa shape index (κ2) is 13.5. The van der Waals surface area contributed by atoms with E-state index in [0.29, 0.717) is 18.6 Å². The molecule has 2 aliphatic rings. The van der Waals surface area contributed by atoms with E-state index in [0.717, 1.165) is 69.8 Å². The van der Waals surface area contributed by atoms with Crippen LogP contribution < -0.4 is 10.6 Å². The number of hydrogen-bond donors (Lipinski definition) is 3. The van der Waals surface area contributed by atoms with E-state index >= 15 is 0 Å². The van der Waals surface area contributed by atoms with Crippen LogP contribution in [-0.2, 0) is 18.6 Å². The van der Waals surface area contributed by atoms with Crippen LogP contribution in [0.3, 0.4) is 0 Å². The highest BCUT2D eigenvalue weighted by Crippen LogP contribution is 2.38. The third-order valence-corrected chi connectivity index (χ3v) is 10.6. The van der Waals surface area contributed by atoms with Gasteiger partial charge in [0.1, 0.15) is 17.4 Å².